The summed E-state index contributed by atoms with van der Waals surface area (Å²) < 4.78 is 0. The number of nitrogens with zero attached hydrogens (tertiary/aromatic N) is 2. The highest BCUT2D eigenvalue weighted by Gasteiger charge is 2.15. The summed E-state index contributed by atoms with van der Waals surface area (Å²) >= 11 is 0. The van der Waals surface area contributed by atoms with Crippen LogP contribution in [0.25, 0.3) is 21.9 Å². The minimum atomic E-state index is -0.635. The van der Waals surface area contributed by atoms with Crippen molar-refractivity contribution in [3.63, 3.8) is 0 Å². The molecule has 3 rings (SSSR count). The Morgan fingerprint density at radius 2 is 1.83 bits per heavy atom. The first-order valence-corrected chi connectivity index (χ1v) is 6.75. The molecule has 7 nitrogen and oxygen atoms in total. The number of anilines is 1. The van der Waals surface area contributed by atoms with Gasteiger partial charge in [-0.2, -0.15) is 0 Å². The third kappa shape index (κ3) is 2.80. The fourth-order valence-corrected chi connectivity index (χ4v) is 2.46. The van der Waals surface area contributed by atoms with Crippen molar-refractivity contribution in [2.45, 2.75) is 0 Å². The number of pyridine rings is 1. The minimum absolute atomic E-state index is 0.170. The topological polar surface area (TPSA) is 111 Å². The van der Waals surface area contributed by atoms with E-state index < -0.39 is 11.0 Å². The van der Waals surface area contributed by atoms with Crippen molar-refractivity contribution in [3.8, 4) is 11.1 Å². The van der Waals surface area contributed by atoms with E-state index in [0.29, 0.717) is 11.1 Å². The molecule has 0 spiro atoms. The second-order valence-electron chi connectivity index (χ2n) is 4.86. The summed E-state index contributed by atoms with van der Waals surface area (Å²) in [6.07, 6.45) is 1.42. The quantitative estimate of drug-likeness (QED) is 0.571. The van der Waals surface area contributed by atoms with Gasteiger partial charge in [0.2, 0.25) is 0 Å². The van der Waals surface area contributed by atoms with Crippen LogP contribution in [0.15, 0.2) is 54.7 Å². The highest BCUT2D eigenvalue weighted by Crippen LogP contribution is 2.32. The predicted molar refractivity (Wildman–Crippen MR) is 87.0 cm³/mol. The van der Waals surface area contributed by atoms with Crippen LogP contribution in [0.3, 0.4) is 0 Å². The molecule has 0 aliphatic carbocycles. The van der Waals surface area contributed by atoms with Crippen LogP contribution >= 0.6 is 0 Å². The summed E-state index contributed by atoms with van der Waals surface area (Å²) in [5, 5.41) is 14.8. The number of hydrogen-bond donors (Lipinski definition) is 2. The van der Waals surface area contributed by atoms with E-state index in [4.69, 9.17) is 5.73 Å². The van der Waals surface area contributed by atoms with Gasteiger partial charge in [-0.1, -0.05) is 24.3 Å². The summed E-state index contributed by atoms with van der Waals surface area (Å²) in [7, 11) is 0. The summed E-state index contributed by atoms with van der Waals surface area (Å²) in [5.74, 6) is -0.170. The van der Waals surface area contributed by atoms with Gasteiger partial charge in [-0.3, -0.25) is 0 Å². The molecule has 114 valence electrons. The summed E-state index contributed by atoms with van der Waals surface area (Å²) in [4.78, 5) is 25.3. The molecular weight excluding hydrogens is 296 g/mol. The molecule has 1 aromatic heterocycles. The molecule has 0 aliphatic heterocycles. The second kappa shape index (κ2) is 5.72. The predicted octanol–water partition coefficient (Wildman–Crippen LogP) is 3.30. The van der Waals surface area contributed by atoms with Crippen molar-refractivity contribution in [3.05, 3.63) is 64.8 Å². The van der Waals surface area contributed by atoms with E-state index >= 15 is 0 Å². The van der Waals surface area contributed by atoms with Crippen molar-refractivity contribution in [2.75, 3.05) is 5.32 Å². The maximum absolute atomic E-state index is 11.1. The van der Waals surface area contributed by atoms with Gasteiger partial charge in [-0.05, 0) is 45.3 Å². The van der Waals surface area contributed by atoms with Crippen LogP contribution in [0, 0.1) is 10.1 Å². The van der Waals surface area contributed by atoms with E-state index in [-0.39, 0.29) is 5.82 Å². The molecule has 23 heavy (non-hydrogen) atoms. The molecular formula is C16H12N4O3. The molecule has 3 aromatic rings. The second-order valence-corrected chi connectivity index (χ2v) is 4.86. The van der Waals surface area contributed by atoms with Gasteiger partial charge in [0.15, 0.2) is 0 Å². The number of carbonyl (C=O) groups is 1. The summed E-state index contributed by atoms with van der Waals surface area (Å²) in [5.41, 5.74) is 7.36. The van der Waals surface area contributed by atoms with Gasteiger partial charge in [-0.15, -0.1) is 0 Å². The Bertz CT molecular complexity index is 907. The Hall–Kier alpha value is -3.48. The molecule has 3 N–H and O–H groups in total. The Morgan fingerprint density at radius 1 is 1.09 bits per heavy atom. The lowest BCUT2D eigenvalue weighted by Gasteiger charge is -2.08. The SMILES string of the molecule is NC(=O)Nc1ccc(-c2cccc3c([N+](=O)[O-])nccc23)cc1. The molecule has 2 aromatic carbocycles. The lowest BCUT2D eigenvalue weighted by molar-refractivity contribution is -0.387. The Morgan fingerprint density at radius 3 is 2.48 bits per heavy atom. The first kappa shape index (κ1) is 14.5. The van der Waals surface area contributed by atoms with E-state index in [1.165, 1.54) is 6.20 Å². The number of nitrogens with one attached hydrogen (secondary N) is 1. The van der Waals surface area contributed by atoms with Crippen molar-refractivity contribution in [1.29, 1.82) is 0 Å². The zero-order valence-corrected chi connectivity index (χ0v) is 11.9. The first-order valence-electron chi connectivity index (χ1n) is 6.75. The molecule has 1 heterocycles. The van der Waals surface area contributed by atoms with Crippen molar-refractivity contribution in [1.82, 2.24) is 4.98 Å². The number of rotatable bonds is 3. The van der Waals surface area contributed by atoms with Gasteiger partial charge in [0.1, 0.15) is 6.20 Å². The van der Waals surface area contributed by atoms with Crippen LogP contribution in [0.1, 0.15) is 0 Å². The van der Waals surface area contributed by atoms with Crippen LogP contribution in [-0.4, -0.2) is 15.9 Å². The van der Waals surface area contributed by atoms with E-state index in [1.54, 1.807) is 30.3 Å². The lowest BCUT2D eigenvalue weighted by atomic mass is 9.99. The number of amides is 2. The lowest BCUT2D eigenvalue weighted by Crippen LogP contribution is -2.19. The molecule has 0 unspecified atom stereocenters. The maximum Gasteiger partial charge on any atom is 0.371 e. The van der Waals surface area contributed by atoms with E-state index in [1.807, 2.05) is 18.2 Å². The fraction of sp³-hybridized carbons (Fsp3) is 0. The van der Waals surface area contributed by atoms with Crippen molar-refractivity contribution in [2.24, 2.45) is 5.73 Å². The molecule has 2 amide bonds. The van der Waals surface area contributed by atoms with Crippen LogP contribution in [0.5, 0.6) is 0 Å². The molecule has 0 saturated carbocycles. The number of aromatic nitrogens is 1. The number of urea groups is 1. The maximum atomic E-state index is 11.1. The third-order valence-electron chi connectivity index (χ3n) is 3.42. The molecule has 0 saturated heterocycles. The fourth-order valence-electron chi connectivity index (χ4n) is 2.46. The minimum Gasteiger partial charge on any atom is -0.358 e. The number of nitrogens with two attached hydrogens (primary N) is 1. The van der Waals surface area contributed by atoms with E-state index in [2.05, 4.69) is 10.3 Å². The Labute approximate surface area is 130 Å². The van der Waals surface area contributed by atoms with Crippen LogP contribution in [0.4, 0.5) is 16.3 Å². The van der Waals surface area contributed by atoms with Gasteiger partial charge >= 0.3 is 11.8 Å². The monoisotopic (exact) mass is 308 g/mol. The number of hydrogen-bond acceptors (Lipinski definition) is 4. The largest absolute Gasteiger partial charge is 0.371 e. The van der Waals surface area contributed by atoms with Crippen LogP contribution in [0.2, 0.25) is 0 Å². The summed E-state index contributed by atoms with van der Waals surface area (Å²) in [6, 6.07) is 13.5. The van der Waals surface area contributed by atoms with Crippen molar-refractivity contribution < 1.29 is 9.72 Å². The molecule has 0 fully saturated rings. The average Bonchev–Trinajstić information content (AvgIpc) is 2.54. The number of benzene rings is 2. The number of nitro groups is 1. The number of carbonyl (C=O) groups excluding carboxylic acids is 1. The van der Waals surface area contributed by atoms with Gasteiger partial charge in [0.25, 0.3) is 0 Å². The van der Waals surface area contributed by atoms with Gasteiger partial charge in [0.05, 0.1) is 5.39 Å². The van der Waals surface area contributed by atoms with Crippen LogP contribution < -0.4 is 11.1 Å². The Balaban J connectivity index is 2.11. The normalized spacial score (nSPS) is 10.4. The van der Waals surface area contributed by atoms with Gasteiger partial charge < -0.3 is 21.2 Å². The van der Waals surface area contributed by atoms with E-state index in [9.17, 15) is 14.9 Å². The van der Waals surface area contributed by atoms with Crippen LogP contribution in [-0.2, 0) is 0 Å². The van der Waals surface area contributed by atoms with Crippen molar-refractivity contribution >= 4 is 28.3 Å². The molecule has 0 bridgehead atoms. The zero-order chi connectivity index (χ0) is 16.4. The highest BCUT2D eigenvalue weighted by molar-refractivity contribution is 6.00. The number of fused-ring (bicyclic) bond motifs is 1. The highest BCUT2D eigenvalue weighted by atomic mass is 16.6. The zero-order valence-electron chi connectivity index (χ0n) is 11.9. The molecule has 0 atom stereocenters. The standard InChI is InChI=1S/C16H12N4O3/c17-16(21)19-11-6-4-10(5-7-11)12-2-1-3-14-13(12)8-9-18-15(14)20(22)23/h1-9H,(H3,17,19,21). The molecule has 0 aliphatic rings. The van der Waals surface area contributed by atoms with Gasteiger partial charge in [0, 0.05) is 11.1 Å². The average molecular weight is 308 g/mol. The summed E-state index contributed by atoms with van der Waals surface area (Å²) in [6.45, 7) is 0. The smallest absolute Gasteiger partial charge is 0.358 e. The first-order chi connectivity index (χ1) is 11.1. The molecule has 7 heteroatoms. The van der Waals surface area contributed by atoms with E-state index in [0.717, 1.165) is 16.5 Å². The van der Waals surface area contributed by atoms with Gasteiger partial charge in [-0.25, -0.2) is 4.79 Å². The number of primary amides is 1. The Kier molecular flexibility index (Phi) is 3.60. The molecule has 0 radical (unpaired) electrons. The third-order valence-corrected chi connectivity index (χ3v) is 3.42.